The van der Waals surface area contributed by atoms with Crippen LogP contribution >= 0.6 is 10.7 Å². The molecular weight excluding hydrogens is 228 g/mol. The van der Waals surface area contributed by atoms with Crippen molar-refractivity contribution >= 4 is 19.7 Å². The van der Waals surface area contributed by atoms with Crippen molar-refractivity contribution in [1.29, 1.82) is 0 Å². The highest BCUT2D eigenvalue weighted by molar-refractivity contribution is 8.13. The maximum atomic E-state index is 10.9. The quantitative estimate of drug-likeness (QED) is 0.782. The summed E-state index contributed by atoms with van der Waals surface area (Å²) in [5, 5.41) is 13.2. The van der Waals surface area contributed by atoms with Crippen molar-refractivity contribution in [2.45, 2.75) is 30.9 Å². The van der Waals surface area contributed by atoms with Crippen molar-refractivity contribution in [3.05, 3.63) is 12.4 Å². The molecule has 1 N–H and O–H groups in total. The summed E-state index contributed by atoms with van der Waals surface area (Å²) in [4.78, 5) is -0.0663. The zero-order valence-electron chi connectivity index (χ0n) is 7.81. The van der Waals surface area contributed by atoms with Crippen LogP contribution in [0.25, 0.3) is 0 Å². The molecule has 0 aliphatic rings. The summed E-state index contributed by atoms with van der Waals surface area (Å²) in [6.45, 7) is 3.41. The van der Waals surface area contributed by atoms with E-state index in [1.54, 1.807) is 13.8 Å². The zero-order valence-corrected chi connectivity index (χ0v) is 9.38. The van der Waals surface area contributed by atoms with E-state index < -0.39 is 14.7 Å². The van der Waals surface area contributed by atoms with Crippen molar-refractivity contribution in [3.8, 4) is 0 Å². The third-order valence-electron chi connectivity index (χ3n) is 1.44. The second-order valence-electron chi connectivity index (χ2n) is 3.62. The van der Waals surface area contributed by atoms with E-state index in [2.05, 4.69) is 5.10 Å². The fraction of sp³-hybridized carbons (Fsp3) is 0.571. The molecule has 7 heteroatoms. The second-order valence-corrected chi connectivity index (χ2v) is 6.19. The molecule has 1 heterocycles. The highest BCUT2D eigenvalue weighted by Gasteiger charge is 2.17. The lowest BCUT2D eigenvalue weighted by molar-refractivity contribution is 0.0577. The number of halogens is 1. The van der Waals surface area contributed by atoms with E-state index in [1.807, 2.05) is 0 Å². The molecule has 0 saturated carbocycles. The first-order valence-corrected chi connectivity index (χ1v) is 6.19. The van der Waals surface area contributed by atoms with Crippen LogP contribution in [-0.2, 0) is 15.6 Å². The van der Waals surface area contributed by atoms with Gasteiger partial charge in [0, 0.05) is 16.9 Å². The van der Waals surface area contributed by atoms with Gasteiger partial charge < -0.3 is 5.11 Å². The average Bonchev–Trinajstić information content (AvgIpc) is 2.29. The summed E-state index contributed by atoms with van der Waals surface area (Å²) in [5.41, 5.74) is -0.945. The molecule has 0 aromatic carbocycles. The highest BCUT2D eigenvalue weighted by Crippen LogP contribution is 2.14. The lowest BCUT2D eigenvalue weighted by atomic mass is 10.1. The van der Waals surface area contributed by atoms with Gasteiger partial charge in [0.25, 0.3) is 9.05 Å². The van der Waals surface area contributed by atoms with Gasteiger partial charge in [0.2, 0.25) is 0 Å². The number of rotatable bonds is 3. The van der Waals surface area contributed by atoms with Crippen LogP contribution in [0.1, 0.15) is 13.8 Å². The molecule has 0 spiro atoms. The van der Waals surface area contributed by atoms with Crippen LogP contribution in [0.5, 0.6) is 0 Å². The maximum Gasteiger partial charge on any atom is 0.264 e. The maximum absolute atomic E-state index is 10.9. The minimum Gasteiger partial charge on any atom is -0.389 e. The molecule has 1 rings (SSSR count). The smallest absolute Gasteiger partial charge is 0.264 e. The summed E-state index contributed by atoms with van der Waals surface area (Å²) in [7, 11) is 1.37. The molecule has 0 aliphatic carbocycles. The van der Waals surface area contributed by atoms with Crippen molar-refractivity contribution in [3.63, 3.8) is 0 Å². The van der Waals surface area contributed by atoms with Crippen LogP contribution in [-0.4, -0.2) is 28.9 Å². The third-order valence-corrected chi connectivity index (χ3v) is 2.75. The second kappa shape index (κ2) is 3.52. The van der Waals surface area contributed by atoms with Gasteiger partial charge in [-0.3, -0.25) is 4.68 Å². The van der Waals surface area contributed by atoms with Crippen molar-refractivity contribution in [2.75, 3.05) is 0 Å². The topological polar surface area (TPSA) is 72.2 Å². The van der Waals surface area contributed by atoms with E-state index in [0.29, 0.717) is 0 Å². The Morgan fingerprint density at radius 3 is 2.57 bits per heavy atom. The molecule has 1 aromatic rings. The molecule has 14 heavy (non-hydrogen) atoms. The normalized spacial score (nSPS) is 13.1. The molecule has 0 aliphatic heterocycles. The summed E-state index contributed by atoms with van der Waals surface area (Å²) >= 11 is 0. The first-order chi connectivity index (χ1) is 6.18. The van der Waals surface area contributed by atoms with E-state index in [4.69, 9.17) is 10.7 Å². The fourth-order valence-electron chi connectivity index (χ4n) is 0.953. The monoisotopic (exact) mass is 238 g/mol. The van der Waals surface area contributed by atoms with Crippen molar-refractivity contribution in [2.24, 2.45) is 0 Å². The molecule has 80 valence electrons. The van der Waals surface area contributed by atoms with Gasteiger partial charge in [-0.2, -0.15) is 5.10 Å². The van der Waals surface area contributed by atoms with Crippen LogP contribution in [0.15, 0.2) is 17.3 Å². The lowest BCUT2D eigenvalue weighted by Gasteiger charge is -2.16. The molecule has 0 radical (unpaired) electrons. The first-order valence-electron chi connectivity index (χ1n) is 3.88. The van der Waals surface area contributed by atoms with E-state index >= 15 is 0 Å². The fourth-order valence-corrected chi connectivity index (χ4v) is 1.61. The largest absolute Gasteiger partial charge is 0.389 e. The van der Waals surface area contributed by atoms with Gasteiger partial charge in [-0.15, -0.1) is 0 Å². The Kier molecular flexibility index (Phi) is 2.89. The Hall–Kier alpha value is -0.590. The Morgan fingerprint density at radius 2 is 2.21 bits per heavy atom. The van der Waals surface area contributed by atoms with Gasteiger partial charge in [0.05, 0.1) is 18.3 Å². The van der Waals surface area contributed by atoms with Crippen LogP contribution in [0.2, 0.25) is 0 Å². The predicted molar refractivity (Wildman–Crippen MR) is 51.6 cm³/mol. The number of hydrogen-bond donors (Lipinski definition) is 1. The van der Waals surface area contributed by atoms with Gasteiger partial charge >= 0.3 is 0 Å². The standard InChI is InChI=1S/C7H11ClN2O3S/c1-7(2,11)5-10-4-6(3-9-10)14(8,12)13/h3-4,11H,5H2,1-2H3. The Morgan fingerprint density at radius 1 is 1.64 bits per heavy atom. The third kappa shape index (κ3) is 3.28. The average molecular weight is 239 g/mol. The molecule has 5 nitrogen and oxygen atoms in total. The van der Waals surface area contributed by atoms with E-state index in [0.717, 1.165) is 6.20 Å². The van der Waals surface area contributed by atoms with E-state index in [-0.39, 0.29) is 11.4 Å². The van der Waals surface area contributed by atoms with E-state index in [9.17, 15) is 13.5 Å². The summed E-state index contributed by atoms with van der Waals surface area (Å²) in [6.07, 6.45) is 2.42. The van der Waals surface area contributed by atoms with Gasteiger partial charge in [-0.05, 0) is 13.8 Å². The van der Waals surface area contributed by atoms with Crippen molar-refractivity contribution in [1.82, 2.24) is 9.78 Å². The predicted octanol–water partition coefficient (Wildman–Crippen LogP) is 0.581. The number of nitrogens with zero attached hydrogens (tertiary/aromatic N) is 2. The SMILES string of the molecule is CC(C)(O)Cn1cc(S(=O)(=O)Cl)cn1. The minimum absolute atomic E-state index is 0.0663. The number of aliphatic hydroxyl groups is 1. The molecule has 0 saturated heterocycles. The Labute approximate surface area is 86.7 Å². The number of hydrogen-bond acceptors (Lipinski definition) is 4. The summed E-state index contributed by atoms with van der Waals surface area (Å²) in [5.74, 6) is 0. The molecule has 0 atom stereocenters. The van der Waals surface area contributed by atoms with Crippen LogP contribution in [0, 0.1) is 0 Å². The Bertz CT molecular complexity index is 418. The van der Waals surface area contributed by atoms with Gasteiger partial charge in [0.15, 0.2) is 0 Å². The van der Waals surface area contributed by atoms with Crippen LogP contribution in [0.4, 0.5) is 0 Å². The van der Waals surface area contributed by atoms with Gasteiger partial charge in [-0.25, -0.2) is 8.42 Å². The summed E-state index contributed by atoms with van der Waals surface area (Å²) < 4.78 is 23.1. The van der Waals surface area contributed by atoms with Gasteiger partial charge in [0.1, 0.15) is 4.90 Å². The lowest BCUT2D eigenvalue weighted by Crippen LogP contribution is -2.26. The highest BCUT2D eigenvalue weighted by atomic mass is 35.7. The van der Waals surface area contributed by atoms with Crippen molar-refractivity contribution < 1.29 is 13.5 Å². The zero-order chi connectivity index (χ0) is 11.0. The van der Waals surface area contributed by atoms with E-state index in [1.165, 1.54) is 10.9 Å². The molecular formula is C7H11ClN2O3S. The Balaban J connectivity index is 2.90. The molecule has 0 amide bonds. The van der Waals surface area contributed by atoms with Crippen LogP contribution < -0.4 is 0 Å². The minimum atomic E-state index is -3.73. The molecule has 0 bridgehead atoms. The molecule has 0 fully saturated rings. The van der Waals surface area contributed by atoms with Gasteiger partial charge in [-0.1, -0.05) is 0 Å². The first kappa shape index (κ1) is 11.5. The summed E-state index contributed by atoms with van der Waals surface area (Å²) in [6, 6.07) is 0. The molecule has 1 aromatic heterocycles. The molecule has 0 unspecified atom stereocenters. The number of aromatic nitrogens is 2. The van der Waals surface area contributed by atoms with Crippen LogP contribution in [0.3, 0.4) is 0 Å².